The van der Waals surface area contributed by atoms with Crippen LogP contribution >= 0.6 is 0 Å². The molecule has 0 aliphatic heterocycles. The molecule has 0 aliphatic carbocycles. The molecule has 22 heavy (non-hydrogen) atoms. The molecular formula is C18H20O4. The summed E-state index contributed by atoms with van der Waals surface area (Å²) in [6, 6.07) is 16.3. The van der Waals surface area contributed by atoms with Crippen molar-refractivity contribution >= 4 is 5.78 Å². The van der Waals surface area contributed by atoms with E-state index < -0.39 is 18.0 Å². The van der Waals surface area contributed by atoms with Crippen molar-refractivity contribution in [3.8, 4) is 5.75 Å². The summed E-state index contributed by atoms with van der Waals surface area (Å²) in [6.07, 6.45) is -1.66. The Balaban J connectivity index is 2.00. The van der Waals surface area contributed by atoms with E-state index in [9.17, 15) is 15.0 Å². The molecule has 2 N–H and O–H groups in total. The van der Waals surface area contributed by atoms with E-state index in [1.165, 1.54) is 7.11 Å². The molecule has 0 aliphatic rings. The summed E-state index contributed by atoms with van der Waals surface area (Å²) >= 11 is 0. The molecule has 2 aromatic carbocycles. The highest BCUT2D eigenvalue weighted by molar-refractivity contribution is 6.02. The zero-order valence-corrected chi connectivity index (χ0v) is 12.5. The van der Waals surface area contributed by atoms with Crippen molar-refractivity contribution in [1.29, 1.82) is 0 Å². The van der Waals surface area contributed by atoms with Gasteiger partial charge in [0.05, 0.1) is 18.8 Å². The lowest BCUT2D eigenvalue weighted by Gasteiger charge is -2.18. The topological polar surface area (TPSA) is 66.8 Å². The van der Waals surface area contributed by atoms with Crippen LogP contribution in [0, 0.1) is 0 Å². The van der Waals surface area contributed by atoms with Gasteiger partial charge in [0.2, 0.25) is 0 Å². The van der Waals surface area contributed by atoms with Crippen molar-refractivity contribution in [2.45, 2.75) is 25.0 Å². The van der Waals surface area contributed by atoms with Crippen LogP contribution in [0.5, 0.6) is 5.75 Å². The number of hydrogen-bond acceptors (Lipinski definition) is 4. The number of aliphatic hydroxyl groups is 2. The lowest BCUT2D eigenvalue weighted by molar-refractivity contribution is 0.0178. The highest BCUT2D eigenvalue weighted by Crippen LogP contribution is 2.20. The molecule has 4 heteroatoms. The summed E-state index contributed by atoms with van der Waals surface area (Å²) < 4.78 is 5.11. The molecule has 0 fully saturated rings. The molecule has 2 aromatic rings. The van der Waals surface area contributed by atoms with Gasteiger partial charge in [-0.05, 0) is 30.5 Å². The minimum Gasteiger partial charge on any atom is -0.496 e. The van der Waals surface area contributed by atoms with Gasteiger partial charge in [-0.15, -0.1) is 0 Å². The number of aliphatic hydroxyl groups excluding tert-OH is 2. The largest absolute Gasteiger partial charge is 0.496 e. The molecule has 0 saturated heterocycles. The van der Waals surface area contributed by atoms with Crippen LogP contribution in [0.1, 0.15) is 22.3 Å². The summed E-state index contributed by atoms with van der Waals surface area (Å²) in [5, 5.41) is 20.1. The van der Waals surface area contributed by atoms with Crippen LogP contribution in [0.4, 0.5) is 0 Å². The first-order valence-corrected chi connectivity index (χ1v) is 7.20. The first kappa shape index (κ1) is 16.2. The van der Waals surface area contributed by atoms with Crippen LogP contribution in [-0.2, 0) is 6.42 Å². The Labute approximate surface area is 130 Å². The second kappa shape index (κ2) is 7.73. The molecule has 0 heterocycles. The molecule has 0 aromatic heterocycles. The van der Waals surface area contributed by atoms with E-state index in [0.717, 1.165) is 5.56 Å². The maximum absolute atomic E-state index is 12.3. The average molecular weight is 300 g/mol. The molecule has 0 amide bonds. The van der Waals surface area contributed by atoms with Crippen molar-refractivity contribution in [3.63, 3.8) is 0 Å². The molecule has 0 radical (unpaired) electrons. The van der Waals surface area contributed by atoms with Gasteiger partial charge >= 0.3 is 0 Å². The predicted molar refractivity (Wildman–Crippen MR) is 84.1 cm³/mol. The zero-order chi connectivity index (χ0) is 15.9. The smallest absolute Gasteiger partial charge is 0.197 e. The number of benzene rings is 2. The maximum atomic E-state index is 12.3. The Morgan fingerprint density at radius 3 is 2.36 bits per heavy atom. The summed E-state index contributed by atoms with van der Waals surface area (Å²) in [7, 11) is 1.46. The molecule has 2 atom stereocenters. The fourth-order valence-corrected chi connectivity index (χ4v) is 2.30. The molecular weight excluding hydrogens is 280 g/mol. The Hall–Kier alpha value is -2.17. The minimum absolute atomic E-state index is 0.274. The standard InChI is InChI=1S/C18H20O4/c1-22-16-10-6-5-9-14(16)17(20)18(21)15(19)12-11-13-7-3-2-4-8-13/h2-10,15,18-19,21H,11-12H2,1H3/t15-,18+/m0/s1. The quantitative estimate of drug-likeness (QED) is 0.770. The number of Topliss-reactive ketones (excluding diaryl/α,β-unsaturated/α-hetero) is 1. The zero-order valence-electron chi connectivity index (χ0n) is 12.5. The number of carbonyl (C=O) groups excluding carboxylic acids is 1. The van der Waals surface area contributed by atoms with Crippen LogP contribution in [0.25, 0.3) is 0 Å². The van der Waals surface area contributed by atoms with Gasteiger partial charge in [0, 0.05) is 0 Å². The summed E-state index contributed by atoms with van der Waals surface area (Å²) in [6.45, 7) is 0. The van der Waals surface area contributed by atoms with Crippen LogP contribution in [0.2, 0.25) is 0 Å². The lowest BCUT2D eigenvalue weighted by Crippen LogP contribution is -2.34. The predicted octanol–water partition coefficient (Wildman–Crippen LogP) is 2.23. The summed E-state index contributed by atoms with van der Waals surface area (Å²) in [4.78, 5) is 12.3. The Morgan fingerprint density at radius 2 is 1.68 bits per heavy atom. The van der Waals surface area contributed by atoms with E-state index >= 15 is 0 Å². The Bertz CT molecular complexity index is 609. The van der Waals surface area contributed by atoms with Crippen molar-refractivity contribution in [2.75, 3.05) is 7.11 Å². The second-order valence-electron chi connectivity index (χ2n) is 5.10. The number of ketones is 1. The molecule has 0 bridgehead atoms. The van der Waals surface area contributed by atoms with Gasteiger partial charge in [-0.3, -0.25) is 4.79 Å². The Morgan fingerprint density at radius 1 is 1.05 bits per heavy atom. The summed E-state index contributed by atoms with van der Waals surface area (Å²) in [5.74, 6) is -0.139. The third-order valence-corrected chi connectivity index (χ3v) is 3.58. The van der Waals surface area contributed by atoms with Gasteiger partial charge in [0.15, 0.2) is 5.78 Å². The number of carbonyl (C=O) groups is 1. The maximum Gasteiger partial charge on any atom is 0.197 e. The number of ether oxygens (including phenoxy) is 1. The Kier molecular flexibility index (Phi) is 5.69. The van der Waals surface area contributed by atoms with E-state index in [1.54, 1.807) is 24.3 Å². The van der Waals surface area contributed by atoms with Crippen molar-refractivity contribution in [3.05, 3.63) is 65.7 Å². The highest BCUT2D eigenvalue weighted by atomic mass is 16.5. The van der Waals surface area contributed by atoms with Crippen LogP contribution in [0.15, 0.2) is 54.6 Å². The van der Waals surface area contributed by atoms with E-state index in [1.807, 2.05) is 30.3 Å². The SMILES string of the molecule is COc1ccccc1C(=O)[C@H](O)[C@@H](O)CCc1ccccc1. The number of rotatable bonds is 7. The monoisotopic (exact) mass is 300 g/mol. The summed E-state index contributed by atoms with van der Waals surface area (Å²) in [5.41, 5.74) is 1.33. The van der Waals surface area contributed by atoms with E-state index in [2.05, 4.69) is 0 Å². The number of aryl methyl sites for hydroxylation is 1. The van der Waals surface area contributed by atoms with Gasteiger partial charge in [-0.2, -0.15) is 0 Å². The van der Waals surface area contributed by atoms with E-state index in [0.29, 0.717) is 18.6 Å². The first-order chi connectivity index (χ1) is 10.6. The van der Waals surface area contributed by atoms with Gasteiger partial charge < -0.3 is 14.9 Å². The van der Waals surface area contributed by atoms with E-state index in [-0.39, 0.29) is 5.56 Å². The molecule has 0 saturated carbocycles. The number of para-hydroxylation sites is 1. The highest BCUT2D eigenvalue weighted by Gasteiger charge is 2.27. The number of methoxy groups -OCH3 is 1. The number of hydrogen-bond donors (Lipinski definition) is 2. The van der Waals surface area contributed by atoms with Crippen LogP contribution < -0.4 is 4.74 Å². The lowest BCUT2D eigenvalue weighted by atomic mass is 9.97. The molecule has 0 spiro atoms. The molecule has 0 unspecified atom stereocenters. The first-order valence-electron chi connectivity index (χ1n) is 7.20. The van der Waals surface area contributed by atoms with Gasteiger partial charge in [0.1, 0.15) is 11.9 Å². The second-order valence-corrected chi connectivity index (χ2v) is 5.10. The van der Waals surface area contributed by atoms with Gasteiger partial charge in [-0.1, -0.05) is 42.5 Å². The van der Waals surface area contributed by atoms with Crippen molar-refractivity contribution < 1.29 is 19.7 Å². The van der Waals surface area contributed by atoms with Gasteiger partial charge in [-0.25, -0.2) is 0 Å². The third-order valence-electron chi connectivity index (χ3n) is 3.58. The average Bonchev–Trinajstić information content (AvgIpc) is 2.59. The fraction of sp³-hybridized carbons (Fsp3) is 0.278. The molecule has 116 valence electrons. The molecule has 2 rings (SSSR count). The third kappa shape index (κ3) is 3.93. The van der Waals surface area contributed by atoms with Crippen LogP contribution in [0.3, 0.4) is 0 Å². The molecule has 4 nitrogen and oxygen atoms in total. The van der Waals surface area contributed by atoms with E-state index in [4.69, 9.17) is 4.74 Å². The van der Waals surface area contributed by atoms with Gasteiger partial charge in [0.25, 0.3) is 0 Å². The van der Waals surface area contributed by atoms with Crippen molar-refractivity contribution in [1.82, 2.24) is 0 Å². The van der Waals surface area contributed by atoms with Crippen molar-refractivity contribution in [2.24, 2.45) is 0 Å². The normalized spacial score (nSPS) is 13.4. The van der Waals surface area contributed by atoms with Crippen LogP contribution in [-0.4, -0.2) is 35.3 Å². The fourth-order valence-electron chi connectivity index (χ4n) is 2.30. The minimum atomic E-state index is -1.46.